The minimum absolute atomic E-state index is 0.0920. The summed E-state index contributed by atoms with van der Waals surface area (Å²) in [7, 11) is 0. The van der Waals surface area contributed by atoms with Gasteiger partial charge in [0.25, 0.3) is 0 Å². The van der Waals surface area contributed by atoms with Gasteiger partial charge < -0.3 is 9.47 Å². The third-order valence-corrected chi connectivity index (χ3v) is 2.74. The number of carbonyl (C=O) groups is 1. The summed E-state index contributed by atoms with van der Waals surface area (Å²) in [5.74, 6) is -0.0993. The summed E-state index contributed by atoms with van der Waals surface area (Å²) in [6, 6.07) is 9.52. The zero-order chi connectivity index (χ0) is 15.2. The number of nitriles is 1. The summed E-state index contributed by atoms with van der Waals surface area (Å²) < 4.78 is 10.6. The van der Waals surface area contributed by atoms with Crippen LogP contribution < -0.4 is 9.47 Å². The molecule has 6 heteroatoms. The summed E-state index contributed by atoms with van der Waals surface area (Å²) in [6.45, 7) is 2.18. The molecular weight excluding hydrogens is 292 g/mol. The first kappa shape index (κ1) is 14.8. The van der Waals surface area contributed by atoms with Crippen molar-refractivity contribution >= 4 is 17.6 Å². The molecule has 1 heterocycles. The summed E-state index contributed by atoms with van der Waals surface area (Å²) in [5, 5.41) is 9.26. The van der Waals surface area contributed by atoms with Crippen LogP contribution in [0.25, 0.3) is 0 Å². The second-order valence-electron chi connectivity index (χ2n) is 3.96. The van der Waals surface area contributed by atoms with Gasteiger partial charge in [-0.2, -0.15) is 5.26 Å². The molecule has 0 fully saturated rings. The Labute approximate surface area is 126 Å². The Bertz CT molecular complexity index is 710. The average Bonchev–Trinajstić information content (AvgIpc) is 2.49. The zero-order valence-corrected chi connectivity index (χ0v) is 11.9. The Morgan fingerprint density at radius 1 is 1.33 bits per heavy atom. The van der Waals surface area contributed by atoms with Crippen molar-refractivity contribution in [1.82, 2.24) is 4.98 Å². The minimum Gasteiger partial charge on any atom is -0.490 e. The summed E-state index contributed by atoms with van der Waals surface area (Å²) in [5.41, 5.74) is 0.508. The van der Waals surface area contributed by atoms with E-state index in [9.17, 15) is 4.79 Å². The average molecular weight is 303 g/mol. The summed E-state index contributed by atoms with van der Waals surface area (Å²) in [6.07, 6.45) is 1.42. The number of halogens is 1. The highest BCUT2D eigenvalue weighted by atomic mass is 35.5. The van der Waals surface area contributed by atoms with Gasteiger partial charge in [0, 0.05) is 17.3 Å². The number of benzene rings is 1. The van der Waals surface area contributed by atoms with Crippen molar-refractivity contribution in [2.45, 2.75) is 6.92 Å². The molecule has 0 bridgehead atoms. The van der Waals surface area contributed by atoms with Crippen molar-refractivity contribution < 1.29 is 14.3 Å². The molecule has 0 saturated carbocycles. The number of carbonyl (C=O) groups excluding carboxylic acids is 1. The van der Waals surface area contributed by atoms with Gasteiger partial charge in [0.1, 0.15) is 5.69 Å². The number of nitrogens with zero attached hydrogens (tertiary/aromatic N) is 2. The van der Waals surface area contributed by atoms with Gasteiger partial charge in [0.15, 0.2) is 11.5 Å². The van der Waals surface area contributed by atoms with Gasteiger partial charge in [-0.25, -0.2) is 9.78 Å². The van der Waals surface area contributed by atoms with Crippen LogP contribution in [0.1, 0.15) is 23.0 Å². The van der Waals surface area contributed by atoms with Gasteiger partial charge in [-0.15, -0.1) is 0 Å². The Hall–Kier alpha value is -2.58. The maximum Gasteiger partial charge on any atom is 0.362 e. The Morgan fingerprint density at radius 2 is 2.14 bits per heavy atom. The molecule has 0 unspecified atom stereocenters. The molecule has 0 amide bonds. The standard InChI is InChI=1S/C15H11ClN2O3/c1-2-20-14-7-10(9-17)3-4-13(14)21-15(19)12-8-11(16)5-6-18-12/h3-8H,2H2,1H3. The van der Waals surface area contributed by atoms with Crippen LogP contribution in [-0.4, -0.2) is 17.6 Å². The van der Waals surface area contributed by atoms with Gasteiger partial charge >= 0.3 is 5.97 Å². The highest BCUT2D eigenvalue weighted by Crippen LogP contribution is 2.29. The van der Waals surface area contributed by atoms with Crippen molar-refractivity contribution in [2.75, 3.05) is 6.61 Å². The smallest absolute Gasteiger partial charge is 0.362 e. The van der Waals surface area contributed by atoms with Crippen LogP contribution in [0.4, 0.5) is 0 Å². The van der Waals surface area contributed by atoms with Crippen molar-refractivity contribution in [1.29, 1.82) is 5.26 Å². The predicted molar refractivity (Wildman–Crippen MR) is 76.5 cm³/mol. The number of rotatable bonds is 4. The molecule has 5 nitrogen and oxygen atoms in total. The van der Waals surface area contributed by atoms with Crippen LogP contribution in [0, 0.1) is 11.3 Å². The van der Waals surface area contributed by atoms with Gasteiger partial charge in [-0.1, -0.05) is 11.6 Å². The third kappa shape index (κ3) is 3.71. The minimum atomic E-state index is -0.650. The van der Waals surface area contributed by atoms with Gasteiger partial charge in [0.2, 0.25) is 0 Å². The first-order valence-corrected chi connectivity index (χ1v) is 6.52. The number of aromatic nitrogens is 1. The fraction of sp³-hybridized carbons (Fsp3) is 0.133. The van der Waals surface area contributed by atoms with E-state index in [0.29, 0.717) is 22.9 Å². The third-order valence-electron chi connectivity index (χ3n) is 2.51. The van der Waals surface area contributed by atoms with E-state index in [-0.39, 0.29) is 11.4 Å². The van der Waals surface area contributed by atoms with Gasteiger partial charge in [0.05, 0.1) is 18.2 Å². The predicted octanol–water partition coefficient (Wildman–Crippen LogP) is 3.22. The molecule has 1 aromatic heterocycles. The van der Waals surface area contributed by atoms with Crippen molar-refractivity contribution in [3.63, 3.8) is 0 Å². The molecule has 0 atom stereocenters. The fourth-order valence-electron chi connectivity index (χ4n) is 1.60. The van der Waals surface area contributed by atoms with Crippen LogP contribution in [0.5, 0.6) is 11.5 Å². The topological polar surface area (TPSA) is 72.2 Å². The molecule has 0 aliphatic heterocycles. The normalized spacial score (nSPS) is 9.76. The highest BCUT2D eigenvalue weighted by Gasteiger charge is 2.14. The lowest BCUT2D eigenvalue weighted by Gasteiger charge is -2.10. The second-order valence-corrected chi connectivity index (χ2v) is 4.39. The van der Waals surface area contributed by atoms with Crippen molar-refractivity contribution in [3.8, 4) is 17.6 Å². The Kier molecular flexibility index (Phi) is 4.75. The van der Waals surface area contributed by atoms with Crippen LogP contribution >= 0.6 is 11.6 Å². The summed E-state index contributed by atoms with van der Waals surface area (Å²) in [4.78, 5) is 15.9. The molecule has 21 heavy (non-hydrogen) atoms. The van der Waals surface area contributed by atoms with E-state index in [1.807, 2.05) is 6.07 Å². The molecule has 0 saturated heterocycles. The van der Waals surface area contributed by atoms with Crippen molar-refractivity contribution in [3.05, 3.63) is 52.8 Å². The highest BCUT2D eigenvalue weighted by molar-refractivity contribution is 6.30. The molecule has 2 rings (SSSR count). The molecule has 106 valence electrons. The molecular formula is C15H11ClN2O3. The second kappa shape index (κ2) is 6.73. The Morgan fingerprint density at radius 3 is 2.81 bits per heavy atom. The lowest BCUT2D eigenvalue weighted by Crippen LogP contribution is -2.11. The quantitative estimate of drug-likeness (QED) is 0.640. The SMILES string of the molecule is CCOc1cc(C#N)ccc1OC(=O)c1cc(Cl)ccn1. The first-order valence-electron chi connectivity index (χ1n) is 6.14. The van der Waals surface area contributed by atoms with Crippen LogP contribution in [-0.2, 0) is 0 Å². The lowest BCUT2D eigenvalue weighted by atomic mass is 10.2. The molecule has 0 N–H and O–H groups in total. The molecule has 0 aliphatic rings. The van der Waals surface area contributed by atoms with E-state index in [1.165, 1.54) is 30.5 Å². The first-order chi connectivity index (χ1) is 10.1. The van der Waals surface area contributed by atoms with Gasteiger partial charge in [-0.3, -0.25) is 0 Å². The van der Waals surface area contributed by atoms with E-state index < -0.39 is 5.97 Å². The fourth-order valence-corrected chi connectivity index (χ4v) is 1.76. The molecule has 0 aliphatic carbocycles. The van der Waals surface area contributed by atoms with Crippen LogP contribution in [0.3, 0.4) is 0 Å². The zero-order valence-electron chi connectivity index (χ0n) is 11.2. The largest absolute Gasteiger partial charge is 0.490 e. The number of pyridine rings is 1. The van der Waals surface area contributed by atoms with Crippen molar-refractivity contribution in [2.24, 2.45) is 0 Å². The van der Waals surface area contributed by atoms with E-state index in [0.717, 1.165) is 0 Å². The van der Waals surface area contributed by atoms with E-state index in [1.54, 1.807) is 13.0 Å². The van der Waals surface area contributed by atoms with E-state index in [2.05, 4.69) is 4.98 Å². The van der Waals surface area contributed by atoms with Crippen LogP contribution in [0.15, 0.2) is 36.5 Å². The molecule has 2 aromatic rings. The Balaban J connectivity index is 2.26. The van der Waals surface area contributed by atoms with Gasteiger partial charge in [-0.05, 0) is 31.2 Å². The number of hydrogen-bond donors (Lipinski definition) is 0. The molecule has 0 spiro atoms. The number of ether oxygens (including phenoxy) is 2. The molecule has 1 aromatic carbocycles. The van der Waals surface area contributed by atoms with Crippen LogP contribution in [0.2, 0.25) is 5.02 Å². The monoisotopic (exact) mass is 302 g/mol. The summed E-state index contributed by atoms with van der Waals surface area (Å²) >= 11 is 5.80. The maximum atomic E-state index is 12.0. The van der Waals surface area contributed by atoms with E-state index >= 15 is 0 Å². The van der Waals surface area contributed by atoms with E-state index in [4.69, 9.17) is 26.3 Å². The molecule has 0 radical (unpaired) electrons. The number of esters is 1. The lowest BCUT2D eigenvalue weighted by molar-refractivity contribution is 0.0722. The maximum absolute atomic E-state index is 12.0. The number of hydrogen-bond acceptors (Lipinski definition) is 5.